The van der Waals surface area contributed by atoms with Crippen LogP contribution in [-0.4, -0.2) is 27.1 Å². The number of hydrogen-bond donors (Lipinski definition) is 4. The standard InChI is InChI=1S/C8H11N.C6H12O4/c1-7(9)8-5-3-2-4-6-8;1-2-3-4-6(9,10)5(7)8/h2-7H,9H2,1H3;9-10H,2-4H2,1H3,(H,7,8)/t7-;/m0./s1. The van der Waals surface area contributed by atoms with Crippen molar-refractivity contribution in [2.75, 3.05) is 0 Å². The maximum atomic E-state index is 10.0. The molecule has 0 heterocycles. The molecule has 0 bridgehead atoms. The van der Waals surface area contributed by atoms with Gasteiger partial charge in [-0.2, -0.15) is 0 Å². The summed E-state index contributed by atoms with van der Waals surface area (Å²) in [6.45, 7) is 3.83. The number of hydrogen-bond acceptors (Lipinski definition) is 4. The molecule has 0 saturated carbocycles. The second-order valence-corrected chi connectivity index (χ2v) is 4.42. The number of carboxylic acid groups (broad SMARTS) is 1. The van der Waals surface area contributed by atoms with Crippen LogP contribution >= 0.6 is 0 Å². The summed E-state index contributed by atoms with van der Waals surface area (Å²) >= 11 is 0. The van der Waals surface area contributed by atoms with E-state index in [1.54, 1.807) is 0 Å². The van der Waals surface area contributed by atoms with Gasteiger partial charge in [0.2, 0.25) is 0 Å². The first-order chi connectivity index (χ1) is 8.81. The summed E-state index contributed by atoms with van der Waals surface area (Å²) in [6, 6.07) is 10.2. The van der Waals surface area contributed by atoms with Crippen molar-refractivity contribution in [2.45, 2.75) is 44.9 Å². The van der Waals surface area contributed by atoms with Crippen LogP contribution in [0, 0.1) is 0 Å². The van der Waals surface area contributed by atoms with Crippen LogP contribution < -0.4 is 5.73 Å². The Bertz CT molecular complexity index is 363. The minimum atomic E-state index is -2.53. The fraction of sp³-hybridized carbons (Fsp3) is 0.500. The van der Waals surface area contributed by atoms with Crippen molar-refractivity contribution in [3.63, 3.8) is 0 Å². The van der Waals surface area contributed by atoms with Gasteiger partial charge in [-0.15, -0.1) is 0 Å². The zero-order valence-corrected chi connectivity index (χ0v) is 11.4. The van der Waals surface area contributed by atoms with Crippen LogP contribution in [0.4, 0.5) is 0 Å². The number of aliphatic carboxylic acids is 1. The Kier molecular flexibility index (Phi) is 7.98. The third-order valence-corrected chi connectivity index (χ3v) is 2.55. The number of carbonyl (C=O) groups is 1. The normalized spacial score (nSPS) is 12.3. The van der Waals surface area contributed by atoms with E-state index < -0.39 is 11.8 Å². The van der Waals surface area contributed by atoms with Gasteiger partial charge in [-0.05, 0) is 18.9 Å². The zero-order valence-electron chi connectivity index (χ0n) is 11.4. The van der Waals surface area contributed by atoms with Gasteiger partial charge in [-0.3, -0.25) is 0 Å². The van der Waals surface area contributed by atoms with Crippen LogP contribution in [0.5, 0.6) is 0 Å². The van der Waals surface area contributed by atoms with Crippen molar-refractivity contribution in [3.05, 3.63) is 35.9 Å². The largest absolute Gasteiger partial charge is 0.477 e. The molecule has 5 heteroatoms. The van der Waals surface area contributed by atoms with Crippen LogP contribution in [0.3, 0.4) is 0 Å². The van der Waals surface area contributed by atoms with E-state index in [4.69, 9.17) is 21.1 Å². The molecule has 0 radical (unpaired) electrons. The van der Waals surface area contributed by atoms with Gasteiger partial charge in [0.25, 0.3) is 5.79 Å². The molecular weight excluding hydrogens is 246 g/mol. The van der Waals surface area contributed by atoms with Gasteiger partial charge >= 0.3 is 5.97 Å². The molecule has 0 aliphatic heterocycles. The molecular formula is C14H23NO4. The molecule has 0 saturated heterocycles. The van der Waals surface area contributed by atoms with E-state index in [0.717, 1.165) is 6.42 Å². The molecule has 1 atom stereocenters. The monoisotopic (exact) mass is 269 g/mol. The highest BCUT2D eigenvalue weighted by molar-refractivity contribution is 5.74. The molecule has 19 heavy (non-hydrogen) atoms. The summed E-state index contributed by atoms with van der Waals surface area (Å²) in [7, 11) is 0. The van der Waals surface area contributed by atoms with Crippen molar-refractivity contribution in [2.24, 2.45) is 5.73 Å². The van der Waals surface area contributed by atoms with Crippen LogP contribution in [-0.2, 0) is 4.79 Å². The Morgan fingerprint density at radius 1 is 1.32 bits per heavy atom. The molecule has 108 valence electrons. The molecule has 0 aromatic heterocycles. The van der Waals surface area contributed by atoms with Crippen LogP contribution in [0.2, 0.25) is 0 Å². The molecule has 5 N–H and O–H groups in total. The number of aliphatic hydroxyl groups is 2. The third kappa shape index (κ3) is 7.56. The second-order valence-electron chi connectivity index (χ2n) is 4.42. The van der Waals surface area contributed by atoms with Gasteiger partial charge in [-0.25, -0.2) is 4.79 Å². The molecule has 1 aromatic rings. The van der Waals surface area contributed by atoms with Gasteiger partial charge in [0, 0.05) is 12.5 Å². The molecule has 1 aromatic carbocycles. The smallest absolute Gasteiger partial charge is 0.364 e. The van der Waals surface area contributed by atoms with Crippen molar-refractivity contribution >= 4 is 5.97 Å². The molecule has 0 fully saturated rings. The van der Waals surface area contributed by atoms with Gasteiger partial charge in [0.15, 0.2) is 0 Å². The fourth-order valence-electron chi connectivity index (χ4n) is 1.29. The number of carboxylic acids is 1. The number of benzene rings is 1. The lowest BCUT2D eigenvalue weighted by Gasteiger charge is -2.14. The van der Waals surface area contributed by atoms with E-state index in [-0.39, 0.29) is 12.5 Å². The molecule has 0 aliphatic carbocycles. The van der Waals surface area contributed by atoms with Crippen molar-refractivity contribution < 1.29 is 20.1 Å². The first-order valence-electron chi connectivity index (χ1n) is 6.30. The maximum Gasteiger partial charge on any atom is 0.364 e. The van der Waals surface area contributed by atoms with E-state index in [1.807, 2.05) is 44.2 Å². The van der Waals surface area contributed by atoms with E-state index >= 15 is 0 Å². The first kappa shape index (κ1) is 17.6. The Labute approximate surface area is 113 Å². The molecule has 5 nitrogen and oxygen atoms in total. The van der Waals surface area contributed by atoms with E-state index in [1.165, 1.54) is 5.56 Å². The topological polar surface area (TPSA) is 104 Å². The lowest BCUT2D eigenvalue weighted by Crippen LogP contribution is -2.37. The third-order valence-electron chi connectivity index (χ3n) is 2.55. The predicted octanol–water partition coefficient (Wildman–Crippen LogP) is 1.65. The van der Waals surface area contributed by atoms with Crippen molar-refractivity contribution in [1.82, 2.24) is 0 Å². The molecule has 0 aliphatic rings. The van der Waals surface area contributed by atoms with Crippen LogP contribution in [0.25, 0.3) is 0 Å². The molecule has 0 amide bonds. The van der Waals surface area contributed by atoms with E-state index in [2.05, 4.69) is 0 Å². The van der Waals surface area contributed by atoms with Crippen molar-refractivity contribution in [3.8, 4) is 0 Å². The SMILES string of the molecule is CCCCC(O)(O)C(=O)O.C[C@H](N)c1ccccc1. The summed E-state index contributed by atoms with van der Waals surface area (Å²) < 4.78 is 0. The maximum absolute atomic E-state index is 10.0. The predicted molar refractivity (Wildman–Crippen MR) is 73.4 cm³/mol. The first-order valence-corrected chi connectivity index (χ1v) is 6.30. The summed E-state index contributed by atoms with van der Waals surface area (Å²) in [5.41, 5.74) is 6.81. The van der Waals surface area contributed by atoms with E-state index in [9.17, 15) is 4.79 Å². The molecule has 0 spiro atoms. The molecule has 1 rings (SSSR count). The Hall–Kier alpha value is -1.43. The summed E-state index contributed by atoms with van der Waals surface area (Å²) in [4.78, 5) is 10.0. The highest BCUT2D eigenvalue weighted by Crippen LogP contribution is 2.10. The minimum Gasteiger partial charge on any atom is -0.477 e. The Morgan fingerprint density at radius 3 is 2.16 bits per heavy atom. The number of nitrogens with two attached hydrogens (primary N) is 1. The lowest BCUT2D eigenvalue weighted by molar-refractivity contribution is -0.205. The minimum absolute atomic E-state index is 0.112. The second kappa shape index (κ2) is 8.63. The van der Waals surface area contributed by atoms with E-state index in [0.29, 0.717) is 6.42 Å². The Morgan fingerprint density at radius 2 is 1.84 bits per heavy atom. The van der Waals surface area contributed by atoms with Crippen molar-refractivity contribution in [1.29, 1.82) is 0 Å². The summed E-state index contributed by atoms with van der Waals surface area (Å²) in [5.74, 6) is -4.11. The zero-order chi connectivity index (χ0) is 14.9. The average Bonchev–Trinajstić information content (AvgIpc) is 2.38. The van der Waals surface area contributed by atoms with Crippen LogP contribution in [0.1, 0.15) is 44.7 Å². The van der Waals surface area contributed by atoms with Gasteiger partial charge in [0.1, 0.15) is 0 Å². The van der Waals surface area contributed by atoms with Crippen LogP contribution in [0.15, 0.2) is 30.3 Å². The number of rotatable bonds is 5. The highest BCUT2D eigenvalue weighted by Gasteiger charge is 2.31. The highest BCUT2D eigenvalue weighted by atomic mass is 16.5. The molecule has 0 unspecified atom stereocenters. The summed E-state index contributed by atoms with van der Waals surface area (Å²) in [5, 5.41) is 25.5. The van der Waals surface area contributed by atoms with Gasteiger partial charge < -0.3 is 21.1 Å². The average molecular weight is 269 g/mol. The van der Waals surface area contributed by atoms with Gasteiger partial charge in [0.05, 0.1) is 0 Å². The summed E-state index contributed by atoms with van der Waals surface area (Å²) in [6.07, 6.45) is 1.13. The van der Waals surface area contributed by atoms with Gasteiger partial charge in [-0.1, -0.05) is 43.7 Å². The fourth-order valence-corrected chi connectivity index (χ4v) is 1.29. The number of unbranched alkanes of at least 4 members (excludes halogenated alkanes) is 1. The Balaban J connectivity index is 0.000000342. The lowest BCUT2D eigenvalue weighted by atomic mass is 10.1. The quantitative estimate of drug-likeness (QED) is 0.608.